The van der Waals surface area contributed by atoms with Gasteiger partial charge in [0.2, 0.25) is 0 Å². The molecule has 1 heterocycles. The van der Waals surface area contributed by atoms with Gasteiger partial charge in [0.1, 0.15) is 5.82 Å². The molecule has 4 nitrogen and oxygen atoms in total. The maximum Gasteiger partial charge on any atom is 0.122 e. The van der Waals surface area contributed by atoms with Crippen molar-refractivity contribution < 1.29 is 0 Å². The minimum absolute atomic E-state index is 0.653. The lowest BCUT2D eigenvalue weighted by molar-refractivity contribution is 0.303. The maximum absolute atomic E-state index is 4.36. The molecular formula is C15H30N4. The summed E-state index contributed by atoms with van der Waals surface area (Å²) in [6.45, 7) is 7.72. The third-order valence-corrected chi connectivity index (χ3v) is 3.50. The Bertz CT molecular complexity index is 335. The van der Waals surface area contributed by atoms with Crippen LogP contribution >= 0.6 is 0 Å². The zero-order chi connectivity index (χ0) is 14.1. The molecule has 0 aliphatic carbocycles. The first-order valence-electron chi connectivity index (χ1n) is 7.51. The summed E-state index contributed by atoms with van der Waals surface area (Å²) in [4.78, 5) is 6.71. The van der Waals surface area contributed by atoms with Gasteiger partial charge in [-0.1, -0.05) is 13.3 Å². The van der Waals surface area contributed by atoms with Crippen molar-refractivity contribution >= 4 is 0 Å². The van der Waals surface area contributed by atoms with Crippen LogP contribution in [0.1, 0.15) is 45.4 Å². The Balaban J connectivity index is 2.07. The predicted molar refractivity (Wildman–Crippen MR) is 81.1 cm³/mol. The molecule has 0 aliphatic rings. The molecule has 0 aromatic carbocycles. The largest absolute Gasteiger partial charge is 0.337 e. The number of aryl methyl sites for hydroxylation is 1. The third-order valence-electron chi connectivity index (χ3n) is 3.50. The minimum atomic E-state index is 0.653. The van der Waals surface area contributed by atoms with Gasteiger partial charge < -0.3 is 9.88 Å². The van der Waals surface area contributed by atoms with Gasteiger partial charge in [-0.2, -0.15) is 0 Å². The van der Waals surface area contributed by atoms with Gasteiger partial charge in [-0.05, 0) is 46.3 Å². The summed E-state index contributed by atoms with van der Waals surface area (Å²) in [6, 6.07) is 0.653. The van der Waals surface area contributed by atoms with Crippen molar-refractivity contribution in [1.29, 1.82) is 0 Å². The number of unbranched alkanes of at least 4 members (excludes halogenated alkanes) is 1. The van der Waals surface area contributed by atoms with Crippen molar-refractivity contribution in [2.24, 2.45) is 7.05 Å². The molecule has 0 aliphatic heterocycles. The average Bonchev–Trinajstić information content (AvgIpc) is 2.78. The number of hydrogen-bond donors (Lipinski definition) is 1. The van der Waals surface area contributed by atoms with Crippen molar-refractivity contribution in [2.45, 2.75) is 52.1 Å². The van der Waals surface area contributed by atoms with Crippen LogP contribution in [0.2, 0.25) is 0 Å². The summed E-state index contributed by atoms with van der Waals surface area (Å²) in [5.74, 6) is 1.14. The van der Waals surface area contributed by atoms with Crippen molar-refractivity contribution in [3.05, 3.63) is 18.2 Å². The highest BCUT2D eigenvalue weighted by Gasteiger charge is 2.05. The summed E-state index contributed by atoms with van der Waals surface area (Å²) < 4.78 is 2.09. The first-order valence-corrected chi connectivity index (χ1v) is 7.51. The molecule has 0 saturated heterocycles. The van der Waals surface area contributed by atoms with E-state index in [0.717, 1.165) is 25.5 Å². The number of nitrogens with zero attached hydrogens (tertiary/aromatic N) is 3. The molecule has 110 valence electrons. The summed E-state index contributed by atoms with van der Waals surface area (Å²) in [6.07, 6.45) is 8.92. The van der Waals surface area contributed by atoms with E-state index in [1.165, 1.54) is 25.7 Å². The fourth-order valence-electron chi connectivity index (χ4n) is 2.19. The standard InChI is InChI=1S/C15H30N4/c1-5-9-16-14(2)8-6-7-11-18(3)13-15-17-10-12-19(15)4/h10,12,14,16H,5-9,11,13H2,1-4H3. The molecule has 1 atom stereocenters. The topological polar surface area (TPSA) is 33.1 Å². The van der Waals surface area contributed by atoms with Gasteiger partial charge in [-0.15, -0.1) is 0 Å². The second kappa shape index (κ2) is 9.10. The summed E-state index contributed by atoms with van der Waals surface area (Å²) in [5.41, 5.74) is 0. The monoisotopic (exact) mass is 266 g/mol. The molecular weight excluding hydrogens is 236 g/mol. The summed E-state index contributed by atoms with van der Waals surface area (Å²) in [7, 11) is 4.23. The van der Waals surface area contributed by atoms with Gasteiger partial charge in [0, 0.05) is 25.5 Å². The first kappa shape index (κ1) is 16.2. The smallest absolute Gasteiger partial charge is 0.122 e. The van der Waals surface area contributed by atoms with Crippen molar-refractivity contribution in [1.82, 2.24) is 19.8 Å². The van der Waals surface area contributed by atoms with Crippen LogP contribution in [-0.2, 0) is 13.6 Å². The molecule has 0 bridgehead atoms. The molecule has 1 unspecified atom stereocenters. The zero-order valence-electron chi connectivity index (χ0n) is 13.0. The summed E-state index contributed by atoms with van der Waals surface area (Å²) in [5, 5.41) is 3.54. The van der Waals surface area contributed by atoms with E-state index in [1.807, 2.05) is 12.4 Å². The Morgan fingerprint density at radius 3 is 2.84 bits per heavy atom. The van der Waals surface area contributed by atoms with Crippen LogP contribution in [0, 0.1) is 0 Å². The van der Waals surface area contributed by atoms with Gasteiger partial charge in [0.15, 0.2) is 0 Å². The molecule has 0 amide bonds. The average molecular weight is 266 g/mol. The molecule has 0 spiro atoms. The van der Waals surface area contributed by atoms with Gasteiger partial charge in [-0.3, -0.25) is 4.90 Å². The van der Waals surface area contributed by atoms with Gasteiger partial charge >= 0.3 is 0 Å². The number of rotatable bonds is 10. The highest BCUT2D eigenvalue weighted by atomic mass is 15.1. The molecule has 1 aromatic heterocycles. The SMILES string of the molecule is CCCNC(C)CCCCN(C)Cc1nccn1C. The van der Waals surface area contributed by atoms with Crippen LogP contribution < -0.4 is 5.32 Å². The quantitative estimate of drug-likeness (QED) is 0.660. The second-order valence-electron chi connectivity index (χ2n) is 5.54. The number of aromatic nitrogens is 2. The van der Waals surface area contributed by atoms with Crippen molar-refractivity contribution in [3.8, 4) is 0 Å². The second-order valence-corrected chi connectivity index (χ2v) is 5.54. The molecule has 0 radical (unpaired) electrons. The van der Waals surface area contributed by atoms with E-state index in [1.54, 1.807) is 0 Å². The van der Waals surface area contributed by atoms with E-state index in [2.05, 4.69) is 47.7 Å². The fourth-order valence-corrected chi connectivity index (χ4v) is 2.19. The third kappa shape index (κ3) is 6.73. The molecule has 4 heteroatoms. The maximum atomic E-state index is 4.36. The van der Waals surface area contributed by atoms with E-state index in [9.17, 15) is 0 Å². The Hall–Kier alpha value is -0.870. The van der Waals surface area contributed by atoms with Crippen molar-refractivity contribution in [2.75, 3.05) is 20.1 Å². The minimum Gasteiger partial charge on any atom is -0.337 e. The van der Waals surface area contributed by atoms with Crippen LogP contribution in [0.4, 0.5) is 0 Å². The van der Waals surface area contributed by atoms with Crippen LogP contribution in [-0.4, -0.2) is 40.6 Å². The highest BCUT2D eigenvalue weighted by Crippen LogP contribution is 2.04. The van der Waals surface area contributed by atoms with E-state index in [4.69, 9.17) is 0 Å². The number of imidazole rings is 1. The normalized spacial score (nSPS) is 13.1. The number of hydrogen-bond acceptors (Lipinski definition) is 3. The van der Waals surface area contributed by atoms with E-state index >= 15 is 0 Å². The Labute approximate surface area is 118 Å². The lowest BCUT2D eigenvalue weighted by Gasteiger charge is -2.17. The van der Waals surface area contributed by atoms with Crippen molar-refractivity contribution in [3.63, 3.8) is 0 Å². The van der Waals surface area contributed by atoms with Gasteiger partial charge in [0.25, 0.3) is 0 Å². The van der Waals surface area contributed by atoms with Crippen LogP contribution in [0.5, 0.6) is 0 Å². The van der Waals surface area contributed by atoms with Gasteiger partial charge in [-0.25, -0.2) is 4.98 Å². The lowest BCUT2D eigenvalue weighted by Crippen LogP contribution is -2.27. The Morgan fingerprint density at radius 2 is 2.21 bits per heavy atom. The molecule has 0 saturated carbocycles. The predicted octanol–water partition coefficient (Wildman–Crippen LogP) is 2.41. The van der Waals surface area contributed by atoms with E-state index in [-0.39, 0.29) is 0 Å². The molecule has 1 rings (SSSR count). The zero-order valence-corrected chi connectivity index (χ0v) is 13.0. The lowest BCUT2D eigenvalue weighted by atomic mass is 10.1. The van der Waals surface area contributed by atoms with E-state index in [0.29, 0.717) is 6.04 Å². The molecule has 1 aromatic rings. The molecule has 1 N–H and O–H groups in total. The van der Waals surface area contributed by atoms with Crippen LogP contribution in [0.3, 0.4) is 0 Å². The summed E-state index contributed by atoms with van der Waals surface area (Å²) >= 11 is 0. The van der Waals surface area contributed by atoms with Gasteiger partial charge in [0.05, 0.1) is 6.54 Å². The Kier molecular flexibility index (Phi) is 7.75. The molecule has 19 heavy (non-hydrogen) atoms. The fraction of sp³-hybridized carbons (Fsp3) is 0.800. The Morgan fingerprint density at radius 1 is 1.42 bits per heavy atom. The first-order chi connectivity index (χ1) is 9.13. The highest BCUT2D eigenvalue weighted by molar-refractivity contribution is 4.90. The van der Waals surface area contributed by atoms with Crippen LogP contribution in [0.15, 0.2) is 12.4 Å². The van der Waals surface area contributed by atoms with E-state index < -0.39 is 0 Å². The number of nitrogens with one attached hydrogen (secondary N) is 1. The van der Waals surface area contributed by atoms with Crippen LogP contribution in [0.25, 0.3) is 0 Å². The molecule has 0 fully saturated rings.